The Labute approximate surface area is 97.6 Å². The summed E-state index contributed by atoms with van der Waals surface area (Å²) in [7, 11) is 0. The first kappa shape index (κ1) is 12.2. The van der Waals surface area contributed by atoms with Gasteiger partial charge in [0.05, 0.1) is 0 Å². The monoisotopic (exact) mass is 271 g/mol. The molecule has 0 fully saturated rings. The number of aliphatic carboxylic acids is 1. The Morgan fingerprint density at radius 3 is 2.93 bits per heavy atom. The van der Waals surface area contributed by atoms with Crippen LogP contribution in [-0.2, 0) is 11.3 Å². The fourth-order valence-corrected chi connectivity index (χ4v) is 1.69. The van der Waals surface area contributed by atoms with Crippen molar-refractivity contribution in [3.8, 4) is 0 Å². The van der Waals surface area contributed by atoms with Gasteiger partial charge < -0.3 is 10.4 Å². The molecule has 2 N–H and O–H groups in total. The van der Waals surface area contributed by atoms with Crippen LogP contribution in [0.15, 0.2) is 28.7 Å². The predicted octanol–water partition coefficient (Wildman–Crippen LogP) is 2.40. The van der Waals surface area contributed by atoms with Crippen molar-refractivity contribution in [2.24, 2.45) is 0 Å². The minimum Gasteiger partial charge on any atom is -0.481 e. The van der Waals surface area contributed by atoms with Gasteiger partial charge in [-0.25, -0.2) is 0 Å². The van der Waals surface area contributed by atoms with Gasteiger partial charge >= 0.3 is 5.97 Å². The summed E-state index contributed by atoms with van der Waals surface area (Å²) in [5, 5.41) is 11.6. The molecular weight excluding hydrogens is 258 g/mol. The van der Waals surface area contributed by atoms with Crippen LogP contribution in [0, 0.1) is 0 Å². The number of hydrogen-bond acceptors (Lipinski definition) is 2. The first-order valence-electron chi connectivity index (χ1n) is 4.85. The van der Waals surface area contributed by atoms with E-state index in [1.165, 1.54) is 5.56 Å². The van der Waals surface area contributed by atoms with Gasteiger partial charge in [0.2, 0.25) is 0 Å². The maximum absolute atomic E-state index is 10.2. The number of rotatable bonds is 6. The van der Waals surface area contributed by atoms with E-state index in [1.807, 2.05) is 24.3 Å². The zero-order valence-electron chi connectivity index (χ0n) is 8.37. The van der Waals surface area contributed by atoms with Crippen molar-refractivity contribution in [1.82, 2.24) is 5.32 Å². The molecule has 0 atom stereocenters. The third kappa shape index (κ3) is 5.54. The van der Waals surface area contributed by atoms with Crippen LogP contribution in [0.25, 0.3) is 0 Å². The Balaban J connectivity index is 2.17. The number of carboxylic acids is 1. The molecular formula is C11H14BrNO2. The van der Waals surface area contributed by atoms with E-state index >= 15 is 0 Å². The number of carbonyl (C=O) groups is 1. The average Bonchev–Trinajstić information content (AvgIpc) is 2.17. The van der Waals surface area contributed by atoms with Crippen LogP contribution in [0.1, 0.15) is 18.4 Å². The number of benzene rings is 1. The molecule has 1 aromatic carbocycles. The number of halogens is 1. The zero-order valence-corrected chi connectivity index (χ0v) is 9.96. The SMILES string of the molecule is O=C(O)CCCNCc1cccc(Br)c1. The Bertz CT molecular complexity index is 328. The van der Waals surface area contributed by atoms with Crippen molar-refractivity contribution >= 4 is 21.9 Å². The third-order valence-electron chi connectivity index (χ3n) is 1.96. The van der Waals surface area contributed by atoms with Crippen molar-refractivity contribution in [2.75, 3.05) is 6.54 Å². The lowest BCUT2D eigenvalue weighted by atomic mass is 10.2. The molecule has 15 heavy (non-hydrogen) atoms. The van der Waals surface area contributed by atoms with Crippen molar-refractivity contribution in [3.63, 3.8) is 0 Å². The lowest BCUT2D eigenvalue weighted by molar-refractivity contribution is -0.137. The van der Waals surface area contributed by atoms with E-state index < -0.39 is 5.97 Å². The van der Waals surface area contributed by atoms with Gasteiger partial charge in [-0.2, -0.15) is 0 Å². The second kappa shape index (κ2) is 6.58. The van der Waals surface area contributed by atoms with Gasteiger partial charge in [-0.05, 0) is 30.7 Å². The largest absolute Gasteiger partial charge is 0.481 e. The summed E-state index contributed by atoms with van der Waals surface area (Å²) in [6.45, 7) is 1.51. The quantitative estimate of drug-likeness (QED) is 0.782. The molecule has 82 valence electrons. The highest BCUT2D eigenvalue weighted by molar-refractivity contribution is 9.10. The molecule has 0 radical (unpaired) electrons. The molecule has 0 saturated heterocycles. The summed E-state index contributed by atoms with van der Waals surface area (Å²) >= 11 is 3.40. The molecule has 0 heterocycles. The summed E-state index contributed by atoms with van der Waals surface area (Å²) in [6, 6.07) is 8.05. The van der Waals surface area contributed by atoms with E-state index in [9.17, 15) is 4.79 Å². The van der Waals surface area contributed by atoms with Crippen LogP contribution in [0.4, 0.5) is 0 Å². The van der Waals surface area contributed by atoms with Gasteiger partial charge in [0.25, 0.3) is 0 Å². The topological polar surface area (TPSA) is 49.3 Å². The van der Waals surface area contributed by atoms with E-state index in [4.69, 9.17) is 5.11 Å². The summed E-state index contributed by atoms with van der Waals surface area (Å²) in [5.41, 5.74) is 1.19. The van der Waals surface area contributed by atoms with Crippen LogP contribution < -0.4 is 5.32 Å². The zero-order chi connectivity index (χ0) is 11.1. The molecule has 0 aliphatic carbocycles. The summed E-state index contributed by atoms with van der Waals surface area (Å²) in [6.07, 6.45) is 0.898. The van der Waals surface area contributed by atoms with Gasteiger partial charge in [0.15, 0.2) is 0 Å². The van der Waals surface area contributed by atoms with Gasteiger partial charge in [-0.15, -0.1) is 0 Å². The van der Waals surface area contributed by atoms with E-state index in [2.05, 4.69) is 21.2 Å². The number of nitrogens with one attached hydrogen (secondary N) is 1. The second-order valence-electron chi connectivity index (χ2n) is 3.30. The van der Waals surface area contributed by atoms with Crippen LogP contribution in [0.5, 0.6) is 0 Å². The van der Waals surface area contributed by atoms with Crippen molar-refractivity contribution in [2.45, 2.75) is 19.4 Å². The summed E-state index contributed by atoms with van der Waals surface area (Å²) in [4.78, 5) is 10.2. The minimum atomic E-state index is -0.737. The molecule has 3 nitrogen and oxygen atoms in total. The summed E-state index contributed by atoms with van der Waals surface area (Å²) < 4.78 is 1.06. The van der Waals surface area contributed by atoms with E-state index in [-0.39, 0.29) is 6.42 Å². The molecule has 0 unspecified atom stereocenters. The molecule has 0 saturated carbocycles. The highest BCUT2D eigenvalue weighted by Crippen LogP contribution is 2.11. The third-order valence-corrected chi connectivity index (χ3v) is 2.46. The fraction of sp³-hybridized carbons (Fsp3) is 0.364. The van der Waals surface area contributed by atoms with Crippen molar-refractivity contribution in [1.29, 1.82) is 0 Å². The molecule has 0 aliphatic rings. The Hall–Kier alpha value is -0.870. The first-order chi connectivity index (χ1) is 7.18. The van der Waals surface area contributed by atoms with Gasteiger partial charge in [0, 0.05) is 17.4 Å². The Kier molecular flexibility index (Phi) is 5.36. The molecule has 1 rings (SSSR count). The predicted molar refractivity (Wildman–Crippen MR) is 62.7 cm³/mol. The standard InChI is InChI=1S/C11H14BrNO2/c12-10-4-1-3-9(7-10)8-13-6-2-5-11(14)15/h1,3-4,7,13H,2,5-6,8H2,(H,14,15). The smallest absolute Gasteiger partial charge is 0.303 e. The van der Waals surface area contributed by atoms with Crippen LogP contribution in [0.3, 0.4) is 0 Å². The van der Waals surface area contributed by atoms with Gasteiger partial charge in [0.1, 0.15) is 0 Å². The van der Waals surface area contributed by atoms with Crippen molar-refractivity contribution in [3.05, 3.63) is 34.3 Å². The molecule has 0 amide bonds. The second-order valence-corrected chi connectivity index (χ2v) is 4.22. The van der Waals surface area contributed by atoms with Crippen LogP contribution >= 0.6 is 15.9 Å². The average molecular weight is 272 g/mol. The normalized spacial score (nSPS) is 10.2. The van der Waals surface area contributed by atoms with Crippen LogP contribution in [0.2, 0.25) is 0 Å². The molecule has 0 aliphatic heterocycles. The van der Waals surface area contributed by atoms with E-state index in [0.717, 1.165) is 17.6 Å². The Morgan fingerprint density at radius 2 is 2.27 bits per heavy atom. The maximum Gasteiger partial charge on any atom is 0.303 e. The molecule has 1 aromatic rings. The lowest BCUT2D eigenvalue weighted by Crippen LogP contribution is -2.15. The van der Waals surface area contributed by atoms with E-state index in [1.54, 1.807) is 0 Å². The fourth-order valence-electron chi connectivity index (χ4n) is 1.24. The highest BCUT2D eigenvalue weighted by atomic mass is 79.9. The maximum atomic E-state index is 10.2. The number of carboxylic acid groups (broad SMARTS) is 1. The molecule has 0 spiro atoms. The van der Waals surface area contributed by atoms with Gasteiger partial charge in [-0.3, -0.25) is 4.79 Å². The molecule has 0 aromatic heterocycles. The van der Waals surface area contributed by atoms with E-state index in [0.29, 0.717) is 6.42 Å². The summed E-state index contributed by atoms with van der Waals surface area (Å²) in [5.74, 6) is -0.737. The van der Waals surface area contributed by atoms with Gasteiger partial charge in [-0.1, -0.05) is 28.1 Å². The van der Waals surface area contributed by atoms with Crippen LogP contribution in [-0.4, -0.2) is 17.6 Å². The molecule has 0 bridgehead atoms. The Morgan fingerprint density at radius 1 is 1.47 bits per heavy atom. The minimum absolute atomic E-state index is 0.228. The first-order valence-corrected chi connectivity index (χ1v) is 5.65. The van der Waals surface area contributed by atoms with Crippen molar-refractivity contribution < 1.29 is 9.90 Å². The highest BCUT2D eigenvalue weighted by Gasteiger charge is 1.96. The lowest BCUT2D eigenvalue weighted by Gasteiger charge is -2.04. The number of hydrogen-bond donors (Lipinski definition) is 2. The molecule has 4 heteroatoms.